The lowest BCUT2D eigenvalue weighted by atomic mass is 10.0. The molecule has 1 unspecified atom stereocenters. The Morgan fingerprint density at radius 2 is 2.05 bits per heavy atom. The summed E-state index contributed by atoms with van der Waals surface area (Å²) in [5, 5.41) is 7.58. The minimum atomic E-state index is 0.405. The van der Waals surface area contributed by atoms with Crippen molar-refractivity contribution in [2.45, 2.75) is 46.1 Å². The van der Waals surface area contributed by atoms with Crippen LogP contribution in [0.5, 0.6) is 0 Å². The van der Waals surface area contributed by atoms with Crippen molar-refractivity contribution < 1.29 is 4.52 Å². The van der Waals surface area contributed by atoms with E-state index in [4.69, 9.17) is 4.52 Å². The summed E-state index contributed by atoms with van der Waals surface area (Å²) in [6, 6.07) is 0.405. The molecule has 1 atom stereocenters. The Bertz CT molecular complexity index is 349. The van der Waals surface area contributed by atoms with Crippen molar-refractivity contribution in [1.29, 1.82) is 0 Å². The number of hydrogen-bond donors (Lipinski definition) is 1. The molecule has 1 N–H and O–H groups in total. The van der Waals surface area contributed by atoms with Crippen LogP contribution in [0.25, 0.3) is 0 Å². The first-order chi connectivity index (χ1) is 9.02. The minimum Gasteiger partial charge on any atom is -0.339 e. The third-order valence-corrected chi connectivity index (χ3v) is 3.15. The van der Waals surface area contributed by atoms with Gasteiger partial charge in [-0.2, -0.15) is 4.98 Å². The number of aromatic nitrogens is 2. The Hall–Kier alpha value is -0.940. The highest BCUT2D eigenvalue weighted by Crippen LogP contribution is 2.09. The van der Waals surface area contributed by atoms with E-state index in [9.17, 15) is 0 Å². The van der Waals surface area contributed by atoms with Crippen molar-refractivity contribution in [2.75, 3.05) is 27.2 Å². The molecule has 0 aliphatic carbocycles. The van der Waals surface area contributed by atoms with Crippen molar-refractivity contribution in [2.24, 2.45) is 5.92 Å². The summed E-state index contributed by atoms with van der Waals surface area (Å²) >= 11 is 0. The first kappa shape index (κ1) is 16.1. The first-order valence-corrected chi connectivity index (χ1v) is 7.22. The molecule has 5 heteroatoms. The third-order valence-electron chi connectivity index (χ3n) is 3.15. The lowest BCUT2D eigenvalue weighted by Gasteiger charge is -2.20. The molecule has 0 aliphatic rings. The third kappa shape index (κ3) is 6.16. The summed E-state index contributed by atoms with van der Waals surface area (Å²) in [7, 11) is 4.09. The molecule has 0 fully saturated rings. The van der Waals surface area contributed by atoms with Gasteiger partial charge in [-0.05, 0) is 33.0 Å². The van der Waals surface area contributed by atoms with Crippen LogP contribution in [0.3, 0.4) is 0 Å². The molecule has 0 aromatic carbocycles. The molecular formula is C14H28N4O. The second-order valence-corrected chi connectivity index (χ2v) is 5.67. The fraction of sp³-hybridized carbons (Fsp3) is 0.857. The van der Waals surface area contributed by atoms with E-state index >= 15 is 0 Å². The van der Waals surface area contributed by atoms with Crippen LogP contribution in [0.15, 0.2) is 4.52 Å². The Morgan fingerprint density at radius 1 is 1.32 bits per heavy atom. The lowest BCUT2D eigenvalue weighted by Crippen LogP contribution is -2.36. The summed E-state index contributed by atoms with van der Waals surface area (Å²) in [6.45, 7) is 8.59. The Labute approximate surface area is 116 Å². The molecule has 1 aromatic rings. The van der Waals surface area contributed by atoms with Gasteiger partial charge in [0.25, 0.3) is 0 Å². The zero-order valence-corrected chi connectivity index (χ0v) is 12.9. The van der Waals surface area contributed by atoms with Crippen LogP contribution in [-0.2, 0) is 12.8 Å². The molecule has 1 rings (SSSR count). The van der Waals surface area contributed by atoms with Crippen LogP contribution in [0, 0.1) is 5.92 Å². The normalized spacial score (nSPS) is 13.4. The van der Waals surface area contributed by atoms with Gasteiger partial charge < -0.3 is 14.7 Å². The predicted molar refractivity (Wildman–Crippen MR) is 77.2 cm³/mol. The van der Waals surface area contributed by atoms with Crippen LogP contribution in [0.4, 0.5) is 0 Å². The van der Waals surface area contributed by atoms with Crippen molar-refractivity contribution in [3.8, 4) is 0 Å². The van der Waals surface area contributed by atoms with E-state index < -0.39 is 0 Å². The van der Waals surface area contributed by atoms with Gasteiger partial charge in [0.2, 0.25) is 5.89 Å². The largest absolute Gasteiger partial charge is 0.339 e. The summed E-state index contributed by atoms with van der Waals surface area (Å²) in [5.74, 6) is 2.11. The predicted octanol–water partition coefficient (Wildman–Crippen LogP) is 1.74. The molecule has 0 aliphatic heterocycles. The molecule has 0 saturated heterocycles. The Balaban J connectivity index is 2.50. The average molecular weight is 268 g/mol. The number of hydrogen-bond acceptors (Lipinski definition) is 5. The van der Waals surface area contributed by atoms with Crippen LogP contribution >= 0.6 is 0 Å². The van der Waals surface area contributed by atoms with Gasteiger partial charge in [0, 0.05) is 25.4 Å². The maximum atomic E-state index is 5.34. The van der Waals surface area contributed by atoms with Gasteiger partial charge >= 0.3 is 0 Å². The smallest absolute Gasteiger partial charge is 0.228 e. The SMILES string of the molecule is CCCNC(Cc1nc(CCN(C)C)no1)C(C)C. The molecule has 0 bridgehead atoms. The summed E-state index contributed by atoms with van der Waals surface area (Å²) in [6.07, 6.45) is 2.79. The van der Waals surface area contributed by atoms with Crippen molar-refractivity contribution >= 4 is 0 Å². The Morgan fingerprint density at radius 3 is 2.63 bits per heavy atom. The minimum absolute atomic E-state index is 0.405. The van der Waals surface area contributed by atoms with E-state index in [-0.39, 0.29) is 0 Å². The monoisotopic (exact) mass is 268 g/mol. The number of nitrogens with one attached hydrogen (secondary N) is 1. The van der Waals surface area contributed by atoms with Gasteiger partial charge in [0.15, 0.2) is 5.82 Å². The van der Waals surface area contributed by atoms with E-state index in [1.807, 2.05) is 14.1 Å². The fourth-order valence-electron chi connectivity index (χ4n) is 1.86. The second-order valence-electron chi connectivity index (χ2n) is 5.67. The van der Waals surface area contributed by atoms with Crippen molar-refractivity contribution in [3.63, 3.8) is 0 Å². The van der Waals surface area contributed by atoms with Gasteiger partial charge in [0.1, 0.15) is 0 Å². The Kier molecular flexibility index (Phi) is 7.02. The average Bonchev–Trinajstić information content (AvgIpc) is 2.79. The lowest BCUT2D eigenvalue weighted by molar-refractivity contribution is 0.323. The maximum Gasteiger partial charge on any atom is 0.228 e. The summed E-state index contributed by atoms with van der Waals surface area (Å²) in [4.78, 5) is 6.59. The van der Waals surface area contributed by atoms with E-state index in [0.29, 0.717) is 12.0 Å². The molecule has 1 heterocycles. The zero-order valence-electron chi connectivity index (χ0n) is 12.9. The highest BCUT2D eigenvalue weighted by Gasteiger charge is 2.17. The zero-order chi connectivity index (χ0) is 14.3. The fourth-order valence-corrected chi connectivity index (χ4v) is 1.86. The van der Waals surface area contributed by atoms with Gasteiger partial charge in [-0.15, -0.1) is 0 Å². The summed E-state index contributed by atoms with van der Waals surface area (Å²) < 4.78 is 5.34. The first-order valence-electron chi connectivity index (χ1n) is 7.22. The molecule has 0 amide bonds. The molecular weight excluding hydrogens is 240 g/mol. The standard InChI is InChI=1S/C14H28N4O/c1-6-8-15-12(11(2)3)10-14-16-13(17-19-14)7-9-18(4)5/h11-12,15H,6-10H2,1-5H3. The van der Waals surface area contributed by atoms with Gasteiger partial charge in [0.05, 0.1) is 0 Å². The molecule has 1 aromatic heterocycles. The highest BCUT2D eigenvalue weighted by atomic mass is 16.5. The molecule has 0 spiro atoms. The van der Waals surface area contributed by atoms with Gasteiger partial charge in [-0.1, -0.05) is 25.9 Å². The number of likely N-dealkylation sites (N-methyl/N-ethyl adjacent to an activating group) is 1. The van der Waals surface area contributed by atoms with E-state index in [0.717, 1.165) is 44.1 Å². The van der Waals surface area contributed by atoms with Crippen molar-refractivity contribution in [1.82, 2.24) is 20.4 Å². The van der Waals surface area contributed by atoms with Crippen LogP contribution < -0.4 is 5.32 Å². The highest BCUT2D eigenvalue weighted by molar-refractivity contribution is 4.91. The molecule has 0 saturated carbocycles. The van der Waals surface area contributed by atoms with Gasteiger partial charge in [-0.25, -0.2) is 0 Å². The molecule has 110 valence electrons. The topological polar surface area (TPSA) is 54.2 Å². The molecule has 19 heavy (non-hydrogen) atoms. The van der Waals surface area contributed by atoms with Crippen LogP contribution in [0.2, 0.25) is 0 Å². The maximum absolute atomic E-state index is 5.34. The van der Waals surface area contributed by atoms with Crippen LogP contribution in [0.1, 0.15) is 38.9 Å². The van der Waals surface area contributed by atoms with E-state index in [1.165, 1.54) is 0 Å². The number of rotatable bonds is 9. The number of nitrogens with zero attached hydrogens (tertiary/aromatic N) is 3. The van der Waals surface area contributed by atoms with Crippen LogP contribution in [-0.4, -0.2) is 48.3 Å². The molecule has 0 radical (unpaired) electrons. The quantitative estimate of drug-likeness (QED) is 0.739. The van der Waals surface area contributed by atoms with Gasteiger partial charge in [-0.3, -0.25) is 0 Å². The van der Waals surface area contributed by atoms with E-state index in [2.05, 4.69) is 41.1 Å². The summed E-state index contributed by atoms with van der Waals surface area (Å²) in [5.41, 5.74) is 0. The molecule has 5 nitrogen and oxygen atoms in total. The van der Waals surface area contributed by atoms with E-state index in [1.54, 1.807) is 0 Å². The second kappa shape index (κ2) is 8.27. The van der Waals surface area contributed by atoms with Crippen molar-refractivity contribution in [3.05, 3.63) is 11.7 Å².